The lowest BCUT2D eigenvalue weighted by atomic mass is 10.0. The molecule has 1 unspecified atom stereocenters. The number of amides is 1. The minimum absolute atomic E-state index is 0.0882. The highest BCUT2D eigenvalue weighted by Gasteiger charge is 2.20. The molecule has 1 atom stereocenters. The van der Waals surface area contributed by atoms with Crippen LogP contribution >= 0.6 is 0 Å². The van der Waals surface area contributed by atoms with Gasteiger partial charge in [-0.15, -0.1) is 0 Å². The lowest BCUT2D eigenvalue weighted by molar-refractivity contribution is -0.116. The second-order valence-corrected chi connectivity index (χ2v) is 6.16. The number of aryl methyl sites for hydroxylation is 1. The van der Waals surface area contributed by atoms with Crippen LogP contribution in [0.2, 0.25) is 0 Å². The third-order valence-electron chi connectivity index (χ3n) is 4.62. The number of anilines is 3. The molecule has 5 nitrogen and oxygen atoms in total. The number of fused-ring (bicyclic) bond motifs is 1. The van der Waals surface area contributed by atoms with Crippen LogP contribution in [0.4, 0.5) is 17.1 Å². The third kappa shape index (κ3) is 3.13. The van der Waals surface area contributed by atoms with E-state index in [0.29, 0.717) is 12.5 Å². The van der Waals surface area contributed by atoms with E-state index in [9.17, 15) is 4.79 Å². The summed E-state index contributed by atoms with van der Waals surface area (Å²) in [6.07, 6.45) is 5.14. The van der Waals surface area contributed by atoms with Gasteiger partial charge in [-0.3, -0.25) is 4.79 Å². The van der Waals surface area contributed by atoms with Crippen molar-refractivity contribution in [2.45, 2.75) is 38.1 Å². The molecule has 2 aliphatic heterocycles. The molecule has 0 radical (unpaired) electrons. The Morgan fingerprint density at radius 2 is 2.24 bits per heavy atom. The van der Waals surface area contributed by atoms with Crippen LogP contribution in [0.15, 0.2) is 12.1 Å². The smallest absolute Gasteiger partial charge is 0.224 e. The first-order chi connectivity index (χ1) is 10.1. The molecule has 1 fully saturated rings. The average molecular weight is 288 g/mol. The molecule has 3 rings (SSSR count). The molecule has 0 spiro atoms. The summed E-state index contributed by atoms with van der Waals surface area (Å²) >= 11 is 0. The zero-order chi connectivity index (χ0) is 14.8. The first-order valence-corrected chi connectivity index (χ1v) is 7.80. The van der Waals surface area contributed by atoms with E-state index < -0.39 is 0 Å². The SMILES string of the molecule is CN1CCCCC1CNc1cc2c(cc1N)CCC(=O)N2. The molecule has 21 heavy (non-hydrogen) atoms. The van der Waals surface area contributed by atoms with Crippen molar-refractivity contribution in [3.63, 3.8) is 0 Å². The van der Waals surface area contributed by atoms with Gasteiger partial charge in [-0.05, 0) is 50.6 Å². The van der Waals surface area contributed by atoms with E-state index in [0.717, 1.165) is 35.6 Å². The topological polar surface area (TPSA) is 70.4 Å². The molecule has 5 heteroatoms. The number of likely N-dealkylation sites (tertiary alicyclic amines) is 1. The Labute approximate surface area is 125 Å². The molecule has 0 aliphatic carbocycles. The number of nitrogens with two attached hydrogens (primary N) is 1. The van der Waals surface area contributed by atoms with Gasteiger partial charge in [0.05, 0.1) is 11.4 Å². The molecule has 0 bridgehead atoms. The summed E-state index contributed by atoms with van der Waals surface area (Å²) in [6.45, 7) is 2.06. The number of benzene rings is 1. The van der Waals surface area contributed by atoms with Crippen LogP contribution < -0.4 is 16.4 Å². The summed E-state index contributed by atoms with van der Waals surface area (Å²) in [4.78, 5) is 13.9. The molecule has 114 valence electrons. The van der Waals surface area contributed by atoms with Gasteiger partial charge >= 0.3 is 0 Å². The van der Waals surface area contributed by atoms with Gasteiger partial charge in [0.2, 0.25) is 5.91 Å². The van der Waals surface area contributed by atoms with Crippen LogP contribution in [-0.4, -0.2) is 37.0 Å². The van der Waals surface area contributed by atoms with Crippen LogP contribution in [0.1, 0.15) is 31.2 Å². The van der Waals surface area contributed by atoms with Crippen LogP contribution in [0.25, 0.3) is 0 Å². The molecule has 2 heterocycles. The van der Waals surface area contributed by atoms with E-state index in [2.05, 4.69) is 22.6 Å². The number of likely N-dealkylation sites (N-methyl/N-ethyl adjacent to an activating group) is 1. The van der Waals surface area contributed by atoms with Gasteiger partial charge in [0.25, 0.3) is 0 Å². The molecule has 1 amide bonds. The zero-order valence-electron chi connectivity index (χ0n) is 12.6. The highest BCUT2D eigenvalue weighted by atomic mass is 16.1. The number of nitrogens with one attached hydrogen (secondary N) is 2. The average Bonchev–Trinajstić information content (AvgIpc) is 2.47. The fraction of sp³-hybridized carbons (Fsp3) is 0.562. The van der Waals surface area contributed by atoms with Crippen LogP contribution in [0, 0.1) is 0 Å². The molecule has 1 aromatic rings. The van der Waals surface area contributed by atoms with Crippen LogP contribution in [0.3, 0.4) is 0 Å². The standard InChI is InChI=1S/C16H24N4O/c1-20-7-3-2-4-12(20)10-18-15-9-14-11(8-13(15)17)5-6-16(21)19-14/h8-9,12,18H,2-7,10,17H2,1H3,(H,19,21). The number of nitrogens with zero attached hydrogens (tertiary/aromatic N) is 1. The summed E-state index contributed by atoms with van der Waals surface area (Å²) in [5.41, 5.74) is 9.87. The van der Waals surface area contributed by atoms with E-state index in [1.54, 1.807) is 0 Å². The molecule has 1 aromatic carbocycles. The van der Waals surface area contributed by atoms with Gasteiger partial charge < -0.3 is 21.3 Å². The number of piperidine rings is 1. The van der Waals surface area contributed by atoms with Gasteiger partial charge in [-0.1, -0.05) is 6.42 Å². The van der Waals surface area contributed by atoms with Gasteiger partial charge in [0.1, 0.15) is 0 Å². The second kappa shape index (κ2) is 5.93. The monoisotopic (exact) mass is 288 g/mol. The quantitative estimate of drug-likeness (QED) is 0.745. The van der Waals surface area contributed by atoms with E-state index in [1.165, 1.54) is 25.8 Å². The fourth-order valence-corrected chi connectivity index (χ4v) is 3.23. The molecule has 0 saturated carbocycles. The van der Waals surface area contributed by atoms with Gasteiger partial charge in [0.15, 0.2) is 0 Å². The Morgan fingerprint density at radius 3 is 3.05 bits per heavy atom. The molecule has 2 aliphatic rings. The lowest BCUT2D eigenvalue weighted by Crippen LogP contribution is -2.40. The molecular formula is C16H24N4O. The first kappa shape index (κ1) is 14.2. The Morgan fingerprint density at radius 1 is 1.38 bits per heavy atom. The van der Waals surface area contributed by atoms with Crippen LogP contribution in [-0.2, 0) is 11.2 Å². The van der Waals surface area contributed by atoms with Crippen molar-refractivity contribution in [1.29, 1.82) is 0 Å². The fourth-order valence-electron chi connectivity index (χ4n) is 3.23. The van der Waals surface area contributed by atoms with Crippen molar-refractivity contribution in [1.82, 2.24) is 4.90 Å². The van der Waals surface area contributed by atoms with Crippen molar-refractivity contribution in [2.75, 3.05) is 36.5 Å². The van der Waals surface area contributed by atoms with Crippen molar-refractivity contribution in [3.8, 4) is 0 Å². The minimum atomic E-state index is 0.0882. The number of carbonyl (C=O) groups excluding carboxylic acids is 1. The van der Waals surface area contributed by atoms with Gasteiger partial charge in [-0.25, -0.2) is 0 Å². The van der Waals surface area contributed by atoms with E-state index >= 15 is 0 Å². The number of carbonyl (C=O) groups is 1. The van der Waals surface area contributed by atoms with Crippen molar-refractivity contribution in [3.05, 3.63) is 17.7 Å². The van der Waals surface area contributed by atoms with Crippen molar-refractivity contribution >= 4 is 23.0 Å². The highest BCUT2D eigenvalue weighted by Crippen LogP contribution is 2.31. The maximum atomic E-state index is 11.5. The van der Waals surface area contributed by atoms with Gasteiger partial charge in [-0.2, -0.15) is 0 Å². The van der Waals surface area contributed by atoms with Crippen molar-refractivity contribution < 1.29 is 4.79 Å². The number of hydrogen-bond acceptors (Lipinski definition) is 4. The molecule has 0 aromatic heterocycles. The summed E-state index contributed by atoms with van der Waals surface area (Å²) in [5.74, 6) is 0.0882. The Kier molecular flexibility index (Phi) is 4.01. The van der Waals surface area contributed by atoms with E-state index in [1.807, 2.05) is 12.1 Å². The second-order valence-electron chi connectivity index (χ2n) is 6.16. The lowest BCUT2D eigenvalue weighted by Gasteiger charge is -2.33. The number of nitrogen functional groups attached to an aromatic ring is 1. The zero-order valence-corrected chi connectivity index (χ0v) is 12.6. The molecular weight excluding hydrogens is 264 g/mol. The first-order valence-electron chi connectivity index (χ1n) is 7.80. The van der Waals surface area contributed by atoms with Crippen LogP contribution in [0.5, 0.6) is 0 Å². The molecule has 1 saturated heterocycles. The van der Waals surface area contributed by atoms with E-state index in [-0.39, 0.29) is 5.91 Å². The largest absolute Gasteiger partial charge is 0.397 e. The van der Waals surface area contributed by atoms with Gasteiger partial charge in [0, 0.05) is 24.7 Å². The Bertz CT molecular complexity index is 543. The number of hydrogen-bond donors (Lipinski definition) is 3. The minimum Gasteiger partial charge on any atom is -0.397 e. The summed E-state index contributed by atoms with van der Waals surface area (Å²) in [5, 5.41) is 6.39. The summed E-state index contributed by atoms with van der Waals surface area (Å²) < 4.78 is 0. The predicted molar refractivity (Wildman–Crippen MR) is 86.6 cm³/mol. The maximum Gasteiger partial charge on any atom is 0.224 e. The Balaban J connectivity index is 1.70. The molecule has 4 N–H and O–H groups in total. The van der Waals surface area contributed by atoms with Crippen molar-refractivity contribution in [2.24, 2.45) is 0 Å². The highest BCUT2D eigenvalue weighted by molar-refractivity contribution is 5.95. The van der Waals surface area contributed by atoms with E-state index in [4.69, 9.17) is 5.73 Å². The summed E-state index contributed by atoms with van der Waals surface area (Å²) in [6, 6.07) is 4.52. The summed E-state index contributed by atoms with van der Waals surface area (Å²) in [7, 11) is 2.18. The Hall–Kier alpha value is -1.75. The third-order valence-corrected chi connectivity index (χ3v) is 4.62. The number of rotatable bonds is 3. The predicted octanol–water partition coefficient (Wildman–Crippen LogP) is 2.05. The normalized spacial score (nSPS) is 22.5. The maximum absolute atomic E-state index is 11.5.